The van der Waals surface area contributed by atoms with Crippen molar-refractivity contribution in [1.29, 1.82) is 0 Å². The number of aromatic nitrogens is 3. The summed E-state index contributed by atoms with van der Waals surface area (Å²) in [5.74, 6) is 1.52. The van der Waals surface area contributed by atoms with Crippen LogP contribution < -0.4 is 10.1 Å². The molecule has 0 amide bonds. The van der Waals surface area contributed by atoms with Crippen LogP contribution in [-0.4, -0.2) is 22.3 Å². The number of H-pyrrole nitrogens is 1. The van der Waals surface area contributed by atoms with E-state index in [0.717, 1.165) is 28.4 Å². The number of methoxy groups -OCH3 is 1. The van der Waals surface area contributed by atoms with Crippen LogP contribution in [0.15, 0.2) is 48.8 Å². The van der Waals surface area contributed by atoms with Crippen molar-refractivity contribution in [2.75, 3.05) is 12.4 Å². The number of anilines is 1. The summed E-state index contributed by atoms with van der Waals surface area (Å²) in [7, 11) is 1.63. The van der Waals surface area contributed by atoms with Gasteiger partial charge in [0.2, 0.25) is 0 Å². The maximum Gasteiger partial charge on any atom is 0.129 e. The predicted molar refractivity (Wildman–Crippen MR) is 87.1 cm³/mol. The first-order valence-corrected chi connectivity index (χ1v) is 7.16. The van der Waals surface area contributed by atoms with E-state index in [9.17, 15) is 0 Å². The maximum atomic E-state index is 5.92. The zero-order valence-corrected chi connectivity index (χ0v) is 12.8. The van der Waals surface area contributed by atoms with Gasteiger partial charge in [0.05, 0.1) is 12.8 Å². The van der Waals surface area contributed by atoms with Crippen molar-refractivity contribution in [3.63, 3.8) is 0 Å². The fourth-order valence-corrected chi connectivity index (χ4v) is 2.25. The largest absolute Gasteiger partial charge is 0.497 e. The summed E-state index contributed by atoms with van der Waals surface area (Å²) in [5, 5.41) is 11.2. The van der Waals surface area contributed by atoms with Gasteiger partial charge in [-0.15, -0.1) is 0 Å². The van der Waals surface area contributed by atoms with E-state index in [1.807, 2.05) is 42.6 Å². The highest BCUT2D eigenvalue weighted by molar-refractivity contribution is 6.30. The van der Waals surface area contributed by atoms with E-state index in [0.29, 0.717) is 11.6 Å². The van der Waals surface area contributed by atoms with Crippen molar-refractivity contribution in [2.45, 2.75) is 6.54 Å². The summed E-state index contributed by atoms with van der Waals surface area (Å²) >= 11 is 5.92. The summed E-state index contributed by atoms with van der Waals surface area (Å²) in [4.78, 5) is 4.26. The van der Waals surface area contributed by atoms with Crippen molar-refractivity contribution in [1.82, 2.24) is 15.2 Å². The minimum Gasteiger partial charge on any atom is -0.497 e. The molecule has 0 unspecified atom stereocenters. The maximum absolute atomic E-state index is 5.92. The second-order valence-corrected chi connectivity index (χ2v) is 5.14. The van der Waals surface area contributed by atoms with Crippen LogP contribution in [0.25, 0.3) is 11.3 Å². The first-order valence-electron chi connectivity index (χ1n) is 6.79. The van der Waals surface area contributed by atoms with Crippen LogP contribution in [-0.2, 0) is 6.54 Å². The molecular formula is C16H15ClN4O. The lowest BCUT2D eigenvalue weighted by atomic mass is 10.1. The number of rotatable bonds is 5. The first kappa shape index (κ1) is 14.4. The molecule has 0 bridgehead atoms. The highest BCUT2D eigenvalue weighted by Gasteiger charge is 2.08. The molecule has 0 atom stereocenters. The molecule has 0 saturated carbocycles. The Morgan fingerprint density at radius 1 is 1.23 bits per heavy atom. The number of nitrogens with zero attached hydrogens (tertiary/aromatic N) is 2. The predicted octanol–water partition coefficient (Wildman–Crippen LogP) is 3.75. The lowest BCUT2D eigenvalue weighted by Gasteiger charge is -2.07. The zero-order chi connectivity index (χ0) is 15.4. The molecule has 3 rings (SSSR count). The van der Waals surface area contributed by atoms with E-state index in [1.165, 1.54) is 0 Å². The number of hydrogen-bond donors (Lipinski definition) is 2. The van der Waals surface area contributed by atoms with Gasteiger partial charge in [-0.1, -0.05) is 23.7 Å². The van der Waals surface area contributed by atoms with E-state index in [1.54, 1.807) is 13.3 Å². The summed E-state index contributed by atoms with van der Waals surface area (Å²) < 4.78 is 5.19. The van der Waals surface area contributed by atoms with Crippen molar-refractivity contribution >= 4 is 17.4 Å². The molecule has 2 heterocycles. The molecule has 6 heteroatoms. The molecule has 2 N–H and O–H groups in total. The number of nitrogens with one attached hydrogen (secondary N) is 2. The topological polar surface area (TPSA) is 62.8 Å². The second kappa shape index (κ2) is 6.49. The summed E-state index contributed by atoms with van der Waals surface area (Å²) in [6.45, 7) is 0.606. The quantitative estimate of drug-likeness (QED) is 0.753. The van der Waals surface area contributed by atoms with Crippen LogP contribution in [0, 0.1) is 0 Å². The van der Waals surface area contributed by atoms with Gasteiger partial charge in [-0.25, -0.2) is 4.98 Å². The molecule has 0 aliphatic rings. The Kier molecular flexibility index (Phi) is 4.25. The Balaban J connectivity index is 1.76. The minimum absolute atomic E-state index is 0.606. The number of hydrogen-bond acceptors (Lipinski definition) is 4. The summed E-state index contributed by atoms with van der Waals surface area (Å²) in [5.41, 5.74) is 2.96. The Morgan fingerprint density at radius 2 is 2.05 bits per heavy atom. The van der Waals surface area contributed by atoms with Crippen molar-refractivity contribution < 1.29 is 4.74 Å². The van der Waals surface area contributed by atoms with Gasteiger partial charge in [-0.2, -0.15) is 5.10 Å². The molecule has 0 saturated heterocycles. The molecular weight excluding hydrogens is 300 g/mol. The summed E-state index contributed by atoms with van der Waals surface area (Å²) in [6.07, 6.45) is 3.58. The average Bonchev–Trinajstić information content (AvgIpc) is 3.02. The second-order valence-electron chi connectivity index (χ2n) is 4.70. The lowest BCUT2D eigenvalue weighted by Crippen LogP contribution is -2.02. The molecule has 22 heavy (non-hydrogen) atoms. The third-order valence-corrected chi connectivity index (χ3v) is 3.52. The highest BCUT2D eigenvalue weighted by Crippen LogP contribution is 2.23. The highest BCUT2D eigenvalue weighted by atomic mass is 35.5. The Morgan fingerprint density at radius 3 is 2.82 bits per heavy atom. The molecule has 3 aromatic rings. The molecule has 0 aliphatic heterocycles. The minimum atomic E-state index is 0.606. The van der Waals surface area contributed by atoms with Crippen LogP contribution in [0.4, 0.5) is 5.82 Å². The SMILES string of the molecule is COc1ccnc(NCc2c[nH]nc2-c2ccc(Cl)cc2)c1. The summed E-state index contributed by atoms with van der Waals surface area (Å²) in [6, 6.07) is 11.3. The van der Waals surface area contributed by atoms with Gasteiger partial charge < -0.3 is 10.1 Å². The van der Waals surface area contributed by atoms with Crippen LogP contribution in [0.1, 0.15) is 5.56 Å². The molecule has 112 valence electrons. The molecule has 2 aromatic heterocycles. The molecule has 5 nitrogen and oxygen atoms in total. The number of pyridine rings is 1. The third-order valence-electron chi connectivity index (χ3n) is 3.26. The number of benzene rings is 1. The van der Waals surface area contributed by atoms with E-state index >= 15 is 0 Å². The Hall–Kier alpha value is -2.53. The molecule has 0 aliphatic carbocycles. The lowest BCUT2D eigenvalue weighted by molar-refractivity contribution is 0.414. The van der Waals surface area contributed by atoms with E-state index in [-0.39, 0.29) is 0 Å². The van der Waals surface area contributed by atoms with Gasteiger partial charge in [0.15, 0.2) is 0 Å². The Labute approximate surface area is 133 Å². The number of halogens is 1. The number of ether oxygens (including phenoxy) is 1. The van der Waals surface area contributed by atoms with Gasteiger partial charge in [0, 0.05) is 41.2 Å². The van der Waals surface area contributed by atoms with Gasteiger partial charge in [0.25, 0.3) is 0 Å². The standard InChI is InChI=1S/C16H15ClN4O/c1-22-14-6-7-18-15(8-14)19-9-12-10-20-21-16(12)11-2-4-13(17)5-3-11/h2-8,10H,9H2,1H3,(H,18,19)(H,20,21). The Bertz CT molecular complexity index is 755. The monoisotopic (exact) mass is 314 g/mol. The third kappa shape index (κ3) is 3.20. The fourth-order valence-electron chi connectivity index (χ4n) is 2.13. The van der Waals surface area contributed by atoms with Crippen LogP contribution in [0.3, 0.4) is 0 Å². The van der Waals surface area contributed by atoms with Crippen LogP contribution >= 0.6 is 11.6 Å². The normalized spacial score (nSPS) is 10.5. The van der Waals surface area contributed by atoms with Gasteiger partial charge >= 0.3 is 0 Å². The van der Waals surface area contributed by atoms with Gasteiger partial charge in [-0.05, 0) is 18.2 Å². The molecule has 0 radical (unpaired) electrons. The van der Waals surface area contributed by atoms with E-state index in [2.05, 4.69) is 20.5 Å². The zero-order valence-electron chi connectivity index (χ0n) is 12.0. The van der Waals surface area contributed by atoms with Gasteiger partial charge in [-0.3, -0.25) is 5.10 Å². The van der Waals surface area contributed by atoms with Crippen molar-refractivity contribution in [3.8, 4) is 17.0 Å². The van der Waals surface area contributed by atoms with E-state index < -0.39 is 0 Å². The molecule has 0 spiro atoms. The molecule has 0 fully saturated rings. The smallest absolute Gasteiger partial charge is 0.129 e. The average molecular weight is 315 g/mol. The van der Waals surface area contributed by atoms with Crippen molar-refractivity contribution in [3.05, 3.63) is 59.4 Å². The van der Waals surface area contributed by atoms with Crippen LogP contribution in [0.5, 0.6) is 5.75 Å². The van der Waals surface area contributed by atoms with E-state index in [4.69, 9.17) is 16.3 Å². The molecule has 1 aromatic carbocycles. The first-order chi connectivity index (χ1) is 10.8. The van der Waals surface area contributed by atoms with Crippen LogP contribution in [0.2, 0.25) is 5.02 Å². The van der Waals surface area contributed by atoms with Gasteiger partial charge in [0.1, 0.15) is 11.6 Å². The fraction of sp³-hybridized carbons (Fsp3) is 0.125. The van der Waals surface area contributed by atoms with Crippen molar-refractivity contribution in [2.24, 2.45) is 0 Å². The number of aromatic amines is 1.